The van der Waals surface area contributed by atoms with E-state index >= 15 is 0 Å². The molecule has 3 rings (SSSR count). The highest BCUT2D eigenvalue weighted by Crippen LogP contribution is 2.26. The van der Waals surface area contributed by atoms with E-state index in [0.717, 1.165) is 32.2 Å². The van der Waals surface area contributed by atoms with Crippen LogP contribution in [0, 0.1) is 0 Å². The monoisotopic (exact) mass is 294 g/mol. The molecule has 20 heavy (non-hydrogen) atoms. The van der Waals surface area contributed by atoms with Crippen molar-refractivity contribution in [3.63, 3.8) is 0 Å². The van der Waals surface area contributed by atoms with Crippen molar-refractivity contribution >= 4 is 15.7 Å². The molecule has 0 atom stereocenters. The molecule has 0 amide bonds. The lowest BCUT2D eigenvalue weighted by Crippen LogP contribution is -2.25. The van der Waals surface area contributed by atoms with Crippen molar-refractivity contribution in [1.29, 1.82) is 0 Å². The molecule has 2 fully saturated rings. The average Bonchev–Trinajstić information content (AvgIpc) is 3.08. The zero-order chi connectivity index (χ0) is 14.0. The lowest BCUT2D eigenvalue weighted by molar-refractivity contribution is 0.585. The van der Waals surface area contributed by atoms with E-state index in [4.69, 9.17) is 0 Å². The number of hydrogen-bond donors (Lipinski definition) is 2. The summed E-state index contributed by atoms with van der Waals surface area (Å²) in [7, 11) is -3.21. The normalized spacial score (nSPS) is 20.2. The van der Waals surface area contributed by atoms with Crippen molar-refractivity contribution in [3.8, 4) is 0 Å². The summed E-state index contributed by atoms with van der Waals surface area (Å²) in [5.41, 5.74) is 1.87. The van der Waals surface area contributed by atoms with Crippen molar-refractivity contribution < 1.29 is 8.42 Å². The molecule has 0 spiro atoms. The van der Waals surface area contributed by atoms with Gasteiger partial charge in [0.25, 0.3) is 0 Å². The van der Waals surface area contributed by atoms with Crippen molar-refractivity contribution in [1.82, 2.24) is 5.32 Å². The first-order chi connectivity index (χ1) is 9.63. The second-order valence-electron chi connectivity index (χ2n) is 5.91. The van der Waals surface area contributed by atoms with Crippen molar-refractivity contribution in [2.24, 2.45) is 0 Å². The maximum atomic E-state index is 12.2. The summed E-state index contributed by atoms with van der Waals surface area (Å²) in [4.78, 5) is 0. The fourth-order valence-corrected chi connectivity index (χ4v) is 4.27. The van der Waals surface area contributed by atoms with Gasteiger partial charge in [-0.2, -0.15) is 0 Å². The fraction of sp³-hybridized carbons (Fsp3) is 0.600. The largest absolute Gasteiger partial charge is 0.310 e. The fourth-order valence-electron chi connectivity index (χ4n) is 2.69. The summed E-state index contributed by atoms with van der Waals surface area (Å²) >= 11 is 0. The van der Waals surface area contributed by atoms with Crippen LogP contribution < -0.4 is 10.0 Å². The molecule has 0 saturated heterocycles. The Kier molecular flexibility index (Phi) is 3.98. The second kappa shape index (κ2) is 5.74. The van der Waals surface area contributed by atoms with E-state index in [2.05, 4.69) is 10.0 Å². The van der Waals surface area contributed by atoms with Gasteiger partial charge in [-0.3, -0.25) is 4.72 Å². The summed E-state index contributed by atoms with van der Waals surface area (Å²) in [6.07, 6.45) is 6.19. The molecule has 0 unspecified atom stereocenters. The van der Waals surface area contributed by atoms with Gasteiger partial charge >= 0.3 is 0 Å². The molecule has 110 valence electrons. The summed E-state index contributed by atoms with van der Waals surface area (Å²) in [6, 6.07) is 8.38. The van der Waals surface area contributed by atoms with Crippen molar-refractivity contribution in [2.75, 3.05) is 4.72 Å². The van der Waals surface area contributed by atoms with Gasteiger partial charge in [-0.05, 0) is 43.4 Å². The number of anilines is 1. The van der Waals surface area contributed by atoms with E-state index in [1.165, 1.54) is 18.4 Å². The van der Waals surface area contributed by atoms with Gasteiger partial charge in [-0.15, -0.1) is 0 Å². The van der Waals surface area contributed by atoms with E-state index in [9.17, 15) is 8.42 Å². The lowest BCUT2D eigenvalue weighted by Gasteiger charge is -2.13. The van der Waals surface area contributed by atoms with Crippen LogP contribution in [0.15, 0.2) is 24.3 Å². The molecule has 5 heteroatoms. The van der Waals surface area contributed by atoms with E-state index in [1.807, 2.05) is 24.3 Å². The summed E-state index contributed by atoms with van der Waals surface area (Å²) in [6.45, 7) is 0.861. The highest BCUT2D eigenvalue weighted by molar-refractivity contribution is 7.93. The quantitative estimate of drug-likeness (QED) is 0.848. The molecular weight excluding hydrogens is 272 g/mol. The topological polar surface area (TPSA) is 58.2 Å². The van der Waals surface area contributed by atoms with Gasteiger partial charge in [-0.1, -0.05) is 25.0 Å². The third-order valence-electron chi connectivity index (χ3n) is 4.13. The van der Waals surface area contributed by atoms with Crippen molar-refractivity contribution in [3.05, 3.63) is 29.8 Å². The molecule has 2 aliphatic carbocycles. The van der Waals surface area contributed by atoms with Gasteiger partial charge in [0.1, 0.15) is 0 Å². The standard InChI is InChI=1S/C15H22N2O2S/c18-20(19,15-3-1-2-4-15)17-14-7-5-12(6-8-14)11-16-13-9-10-13/h5-8,13,15-17H,1-4,9-11H2. The van der Waals surface area contributed by atoms with E-state index < -0.39 is 10.0 Å². The Hall–Kier alpha value is -1.07. The molecule has 4 nitrogen and oxygen atoms in total. The summed E-state index contributed by atoms with van der Waals surface area (Å²) in [5.74, 6) is 0. The van der Waals surface area contributed by atoms with Gasteiger partial charge in [-0.25, -0.2) is 8.42 Å². The minimum atomic E-state index is -3.21. The summed E-state index contributed by atoms with van der Waals surface area (Å²) in [5, 5.41) is 3.24. The van der Waals surface area contributed by atoms with Crippen LogP contribution in [0.1, 0.15) is 44.1 Å². The number of sulfonamides is 1. The number of rotatable bonds is 6. The third-order valence-corrected chi connectivity index (χ3v) is 6.00. The Morgan fingerprint density at radius 2 is 1.65 bits per heavy atom. The van der Waals surface area contributed by atoms with Crippen LogP contribution in [0.2, 0.25) is 0 Å². The molecule has 1 aromatic rings. The first-order valence-corrected chi connectivity index (χ1v) is 9.02. The Balaban J connectivity index is 1.59. The van der Waals surface area contributed by atoms with Crippen LogP contribution in [0.25, 0.3) is 0 Å². The van der Waals surface area contributed by atoms with E-state index in [-0.39, 0.29) is 5.25 Å². The average molecular weight is 294 g/mol. The predicted molar refractivity (Wildman–Crippen MR) is 81.1 cm³/mol. The van der Waals surface area contributed by atoms with Gasteiger partial charge < -0.3 is 5.32 Å². The first kappa shape index (κ1) is 13.9. The molecule has 0 radical (unpaired) electrons. The summed E-state index contributed by atoms with van der Waals surface area (Å²) < 4.78 is 27.1. The minimum absolute atomic E-state index is 0.210. The van der Waals surface area contributed by atoms with Gasteiger partial charge in [0.05, 0.1) is 5.25 Å². The van der Waals surface area contributed by atoms with Crippen molar-refractivity contribution in [2.45, 2.75) is 56.4 Å². The molecule has 2 saturated carbocycles. The predicted octanol–water partition coefficient (Wildman–Crippen LogP) is 2.62. The molecule has 1 aromatic carbocycles. The Morgan fingerprint density at radius 3 is 2.25 bits per heavy atom. The van der Waals surface area contributed by atoms with Crippen LogP contribution >= 0.6 is 0 Å². The molecule has 0 aliphatic heterocycles. The van der Waals surface area contributed by atoms with Gasteiger partial charge in [0.2, 0.25) is 10.0 Å². The Labute approximate surface area is 121 Å². The maximum Gasteiger partial charge on any atom is 0.235 e. The van der Waals surface area contributed by atoms with E-state index in [1.54, 1.807) is 0 Å². The SMILES string of the molecule is O=S(=O)(Nc1ccc(CNC2CC2)cc1)C1CCCC1. The van der Waals surface area contributed by atoms with Crippen LogP contribution in [-0.2, 0) is 16.6 Å². The molecule has 0 heterocycles. The highest BCUT2D eigenvalue weighted by atomic mass is 32.2. The van der Waals surface area contributed by atoms with Gasteiger partial charge in [0.15, 0.2) is 0 Å². The minimum Gasteiger partial charge on any atom is -0.310 e. The zero-order valence-corrected chi connectivity index (χ0v) is 12.5. The Bertz CT molecular complexity index is 544. The zero-order valence-electron chi connectivity index (χ0n) is 11.6. The van der Waals surface area contributed by atoms with Gasteiger partial charge in [0, 0.05) is 18.3 Å². The number of nitrogens with one attached hydrogen (secondary N) is 2. The first-order valence-electron chi connectivity index (χ1n) is 7.47. The molecule has 0 aromatic heterocycles. The van der Waals surface area contributed by atoms with Crippen LogP contribution in [-0.4, -0.2) is 19.7 Å². The highest BCUT2D eigenvalue weighted by Gasteiger charge is 2.28. The molecular formula is C15H22N2O2S. The molecule has 2 aliphatic rings. The van der Waals surface area contributed by atoms with Crippen LogP contribution in [0.5, 0.6) is 0 Å². The van der Waals surface area contributed by atoms with Crippen LogP contribution in [0.3, 0.4) is 0 Å². The molecule has 0 bridgehead atoms. The lowest BCUT2D eigenvalue weighted by atomic mass is 10.2. The third kappa shape index (κ3) is 3.52. The smallest absolute Gasteiger partial charge is 0.235 e. The number of hydrogen-bond acceptors (Lipinski definition) is 3. The van der Waals surface area contributed by atoms with Crippen LogP contribution in [0.4, 0.5) is 5.69 Å². The Morgan fingerprint density at radius 1 is 1.00 bits per heavy atom. The maximum absolute atomic E-state index is 12.2. The van der Waals surface area contributed by atoms with E-state index in [0.29, 0.717) is 11.7 Å². The number of benzene rings is 1. The second-order valence-corrected chi connectivity index (χ2v) is 7.87. The molecule has 2 N–H and O–H groups in total.